The molecule has 0 bridgehead atoms. The Morgan fingerprint density at radius 1 is 1.10 bits per heavy atom. The molecule has 1 aliphatic carbocycles. The largest absolute Gasteiger partial charge is 0.275 e. The van der Waals surface area contributed by atoms with E-state index in [1.165, 1.54) is 3.97 Å². The highest BCUT2D eigenvalue weighted by molar-refractivity contribution is 7.90. The second kappa shape index (κ2) is 7.21. The Kier molecular flexibility index (Phi) is 4.51. The van der Waals surface area contributed by atoms with E-state index in [0.717, 1.165) is 30.5 Å². The van der Waals surface area contributed by atoms with Gasteiger partial charge < -0.3 is 0 Å². The first-order valence-corrected chi connectivity index (χ1v) is 11.3. The number of allylic oxidation sites excluding steroid dienone is 2. The molecule has 1 unspecified atom stereocenters. The normalized spacial score (nSPS) is 16.9. The molecule has 4 aromatic rings. The minimum Gasteiger partial charge on any atom is -0.275 e. The minimum absolute atomic E-state index is 0.200. The summed E-state index contributed by atoms with van der Waals surface area (Å²) in [4.78, 5) is 9.65. The zero-order valence-corrected chi connectivity index (χ0v) is 17.3. The zero-order valence-electron chi connectivity index (χ0n) is 16.5. The van der Waals surface area contributed by atoms with Crippen LogP contribution in [0.2, 0.25) is 0 Å². The number of hydrogen-bond donors (Lipinski definition) is 0. The van der Waals surface area contributed by atoms with E-state index in [4.69, 9.17) is 4.98 Å². The Morgan fingerprint density at radius 2 is 1.93 bits per heavy atom. The predicted octanol–water partition coefficient (Wildman–Crippen LogP) is 3.89. The lowest BCUT2D eigenvalue weighted by molar-refractivity contribution is 0.588. The first kappa shape index (κ1) is 18.7. The third-order valence-corrected chi connectivity index (χ3v) is 7.10. The fourth-order valence-electron chi connectivity index (χ4n) is 3.88. The van der Waals surface area contributed by atoms with Crippen molar-refractivity contribution in [3.8, 4) is 11.1 Å². The third kappa shape index (κ3) is 3.13. The highest BCUT2D eigenvalue weighted by atomic mass is 32.2. The molecule has 8 heteroatoms. The smallest absolute Gasteiger partial charge is 0.269 e. The summed E-state index contributed by atoms with van der Waals surface area (Å²) >= 11 is 0. The van der Waals surface area contributed by atoms with Gasteiger partial charge in [-0.15, -0.1) is 0 Å². The van der Waals surface area contributed by atoms with Crippen molar-refractivity contribution in [3.63, 3.8) is 0 Å². The molecular weight excluding hydrogens is 398 g/mol. The molecule has 0 saturated carbocycles. The van der Waals surface area contributed by atoms with Crippen LogP contribution in [0.5, 0.6) is 0 Å². The van der Waals surface area contributed by atoms with Crippen LogP contribution in [0, 0.1) is 0 Å². The summed E-state index contributed by atoms with van der Waals surface area (Å²) in [7, 11) is -1.98. The van der Waals surface area contributed by atoms with Crippen molar-refractivity contribution in [2.75, 3.05) is 0 Å². The van der Waals surface area contributed by atoms with Crippen molar-refractivity contribution in [2.24, 2.45) is 7.05 Å². The van der Waals surface area contributed by atoms with Crippen LogP contribution < -0.4 is 0 Å². The second-order valence-electron chi connectivity index (χ2n) is 7.49. The maximum Gasteiger partial charge on any atom is 0.269 e. The van der Waals surface area contributed by atoms with Crippen molar-refractivity contribution in [3.05, 3.63) is 73.0 Å². The van der Waals surface area contributed by atoms with Gasteiger partial charge >= 0.3 is 0 Å². The summed E-state index contributed by atoms with van der Waals surface area (Å²) in [6.07, 6.45) is 14.4. The van der Waals surface area contributed by atoms with Crippen LogP contribution in [0.4, 0.5) is 0 Å². The summed E-state index contributed by atoms with van der Waals surface area (Å²) in [5.41, 5.74) is 3.25. The summed E-state index contributed by atoms with van der Waals surface area (Å²) < 4.78 is 29.6. The number of aromatic nitrogens is 5. The van der Waals surface area contributed by atoms with Gasteiger partial charge in [0.1, 0.15) is 5.52 Å². The van der Waals surface area contributed by atoms with Crippen LogP contribution in [-0.2, 0) is 17.1 Å². The van der Waals surface area contributed by atoms with Gasteiger partial charge in [0.15, 0.2) is 5.65 Å². The molecule has 7 nitrogen and oxygen atoms in total. The first-order valence-electron chi connectivity index (χ1n) is 9.88. The Bertz CT molecular complexity index is 1350. The van der Waals surface area contributed by atoms with E-state index in [-0.39, 0.29) is 10.8 Å². The van der Waals surface area contributed by atoms with E-state index < -0.39 is 10.0 Å². The maximum atomic E-state index is 13.3. The quantitative estimate of drug-likeness (QED) is 0.469. The Morgan fingerprint density at radius 3 is 2.63 bits per heavy atom. The van der Waals surface area contributed by atoms with E-state index >= 15 is 0 Å². The van der Waals surface area contributed by atoms with Gasteiger partial charge in [-0.05, 0) is 31.4 Å². The number of fused-ring (bicyclic) bond motifs is 1. The Hall–Kier alpha value is -3.26. The van der Waals surface area contributed by atoms with Gasteiger partial charge in [-0.2, -0.15) is 5.10 Å². The zero-order chi connectivity index (χ0) is 20.7. The van der Waals surface area contributed by atoms with Crippen LogP contribution >= 0.6 is 0 Å². The molecule has 0 saturated heterocycles. The van der Waals surface area contributed by atoms with E-state index in [0.29, 0.717) is 16.7 Å². The minimum atomic E-state index is -3.81. The number of hydrogen-bond acceptors (Lipinski definition) is 5. The highest BCUT2D eigenvalue weighted by Crippen LogP contribution is 2.33. The van der Waals surface area contributed by atoms with Gasteiger partial charge in [0.2, 0.25) is 0 Å². The fourth-order valence-corrected chi connectivity index (χ4v) is 5.21. The van der Waals surface area contributed by atoms with Gasteiger partial charge in [0, 0.05) is 36.5 Å². The van der Waals surface area contributed by atoms with Crippen molar-refractivity contribution < 1.29 is 8.42 Å². The Labute approximate surface area is 174 Å². The standard InChI is InChI=1S/C22H21N5O2S/c1-26-14-17(12-24-26)19-15-27(30(28,29)18-10-6-3-7-11-18)22-21(19)25-20(13-23-22)16-8-4-2-5-9-16/h3-4,6-8,10-16H,2,5,9H2,1H3. The molecule has 0 radical (unpaired) electrons. The fraction of sp³-hybridized carbons (Fsp3) is 0.227. The molecule has 30 heavy (non-hydrogen) atoms. The van der Waals surface area contributed by atoms with Gasteiger partial charge in [0.05, 0.1) is 23.0 Å². The van der Waals surface area contributed by atoms with E-state index in [2.05, 4.69) is 22.2 Å². The van der Waals surface area contributed by atoms with Gasteiger partial charge in [-0.3, -0.25) is 4.68 Å². The van der Waals surface area contributed by atoms with Crippen LogP contribution in [0.1, 0.15) is 30.9 Å². The molecule has 3 aromatic heterocycles. The molecule has 3 heterocycles. The summed E-state index contributed by atoms with van der Waals surface area (Å²) in [5, 5.41) is 4.24. The molecule has 0 fully saturated rings. The van der Waals surface area contributed by atoms with Crippen LogP contribution in [0.15, 0.2) is 72.2 Å². The molecule has 0 N–H and O–H groups in total. The molecule has 0 spiro atoms. The molecule has 1 aliphatic rings. The molecule has 152 valence electrons. The summed E-state index contributed by atoms with van der Waals surface area (Å²) in [5.74, 6) is 0.200. The van der Waals surface area contributed by atoms with Crippen molar-refractivity contribution in [2.45, 2.75) is 30.1 Å². The molecule has 0 aliphatic heterocycles. The third-order valence-electron chi connectivity index (χ3n) is 5.43. The van der Waals surface area contributed by atoms with Crippen molar-refractivity contribution >= 4 is 21.2 Å². The summed E-state index contributed by atoms with van der Waals surface area (Å²) in [6, 6.07) is 8.37. The number of benzene rings is 1. The van der Waals surface area contributed by atoms with Crippen LogP contribution in [0.3, 0.4) is 0 Å². The highest BCUT2D eigenvalue weighted by Gasteiger charge is 2.25. The molecule has 5 rings (SSSR count). The average Bonchev–Trinajstić information content (AvgIpc) is 3.38. The summed E-state index contributed by atoms with van der Waals surface area (Å²) in [6.45, 7) is 0. The molecular formula is C22H21N5O2S. The Balaban J connectivity index is 1.74. The van der Waals surface area contributed by atoms with Gasteiger partial charge in [-0.1, -0.05) is 30.4 Å². The molecule has 1 aromatic carbocycles. The topological polar surface area (TPSA) is 82.7 Å². The number of nitrogens with zero attached hydrogens (tertiary/aromatic N) is 5. The molecule has 1 atom stereocenters. The van der Waals surface area contributed by atoms with Crippen molar-refractivity contribution in [1.82, 2.24) is 23.7 Å². The lowest BCUT2D eigenvalue weighted by atomic mass is 9.93. The van der Waals surface area contributed by atoms with E-state index in [9.17, 15) is 8.42 Å². The van der Waals surface area contributed by atoms with E-state index in [1.807, 2.05) is 13.2 Å². The average molecular weight is 420 g/mol. The number of rotatable bonds is 4. The lowest BCUT2D eigenvalue weighted by Gasteiger charge is -2.15. The van der Waals surface area contributed by atoms with E-state index in [1.54, 1.807) is 53.6 Å². The van der Waals surface area contributed by atoms with Gasteiger partial charge in [-0.25, -0.2) is 22.4 Å². The van der Waals surface area contributed by atoms with Crippen molar-refractivity contribution in [1.29, 1.82) is 0 Å². The second-order valence-corrected chi connectivity index (χ2v) is 9.31. The monoisotopic (exact) mass is 419 g/mol. The van der Waals surface area contributed by atoms with Crippen LogP contribution in [-0.4, -0.2) is 32.1 Å². The molecule has 0 amide bonds. The lowest BCUT2D eigenvalue weighted by Crippen LogP contribution is -2.12. The SMILES string of the molecule is Cn1cc(-c2cn(S(=O)(=O)c3ccccc3)c3ncc(C4C=CCCC4)nc23)cn1. The maximum absolute atomic E-state index is 13.3. The number of aryl methyl sites for hydroxylation is 1. The first-order chi connectivity index (χ1) is 14.5. The van der Waals surface area contributed by atoms with Crippen LogP contribution in [0.25, 0.3) is 22.3 Å². The predicted molar refractivity (Wildman–Crippen MR) is 114 cm³/mol. The van der Waals surface area contributed by atoms with Gasteiger partial charge in [0.25, 0.3) is 10.0 Å².